The molecule has 0 saturated carbocycles. The van der Waals surface area contributed by atoms with E-state index in [9.17, 15) is 9.59 Å². The predicted octanol–water partition coefficient (Wildman–Crippen LogP) is 0.285. The largest absolute Gasteiger partial charge is 0.467 e. The SMILES string of the molecule is COC(=O)C(NC(=O)C(C)CCN)C(C)C. The molecule has 2 unspecified atom stereocenters. The summed E-state index contributed by atoms with van der Waals surface area (Å²) in [5.41, 5.74) is 5.37. The molecule has 5 heteroatoms. The first-order valence-electron chi connectivity index (χ1n) is 5.52. The van der Waals surface area contributed by atoms with Crippen LogP contribution in [0.5, 0.6) is 0 Å². The van der Waals surface area contributed by atoms with E-state index in [0.717, 1.165) is 0 Å². The van der Waals surface area contributed by atoms with Crippen molar-refractivity contribution in [1.29, 1.82) is 0 Å². The Hall–Kier alpha value is -1.10. The number of hydrogen-bond acceptors (Lipinski definition) is 4. The molecule has 2 atom stereocenters. The number of esters is 1. The number of amides is 1. The second kappa shape index (κ2) is 7.22. The third-order valence-electron chi connectivity index (χ3n) is 2.47. The second-order valence-corrected chi connectivity index (χ2v) is 4.23. The molecule has 0 radical (unpaired) electrons. The average Bonchev–Trinajstić information content (AvgIpc) is 2.24. The highest BCUT2D eigenvalue weighted by atomic mass is 16.5. The molecule has 0 bridgehead atoms. The highest BCUT2D eigenvalue weighted by molar-refractivity contribution is 5.85. The van der Waals surface area contributed by atoms with Crippen molar-refractivity contribution in [3.8, 4) is 0 Å². The van der Waals surface area contributed by atoms with Crippen molar-refractivity contribution in [2.75, 3.05) is 13.7 Å². The molecule has 0 aromatic rings. The van der Waals surface area contributed by atoms with Crippen LogP contribution in [0.3, 0.4) is 0 Å². The van der Waals surface area contributed by atoms with Crippen LogP contribution < -0.4 is 11.1 Å². The maximum absolute atomic E-state index is 11.7. The molecule has 0 aromatic carbocycles. The van der Waals surface area contributed by atoms with Crippen LogP contribution in [-0.2, 0) is 14.3 Å². The zero-order valence-electron chi connectivity index (χ0n) is 10.4. The number of hydrogen-bond donors (Lipinski definition) is 2. The van der Waals surface area contributed by atoms with Gasteiger partial charge in [0.1, 0.15) is 6.04 Å². The fraction of sp³-hybridized carbons (Fsp3) is 0.818. The zero-order valence-corrected chi connectivity index (χ0v) is 10.4. The molecule has 0 aliphatic heterocycles. The summed E-state index contributed by atoms with van der Waals surface area (Å²) >= 11 is 0. The maximum atomic E-state index is 11.7. The minimum absolute atomic E-state index is 0.00137. The number of carbonyl (C=O) groups excluding carboxylic acids is 2. The van der Waals surface area contributed by atoms with E-state index < -0.39 is 12.0 Å². The summed E-state index contributed by atoms with van der Waals surface area (Å²) in [6, 6.07) is -0.585. The van der Waals surface area contributed by atoms with Crippen molar-refractivity contribution in [2.45, 2.75) is 33.2 Å². The first kappa shape index (κ1) is 14.9. The third-order valence-corrected chi connectivity index (χ3v) is 2.47. The Kier molecular flexibility index (Phi) is 6.72. The molecule has 3 N–H and O–H groups in total. The summed E-state index contributed by atoms with van der Waals surface area (Å²) in [7, 11) is 1.31. The Labute approximate surface area is 96.7 Å². The van der Waals surface area contributed by atoms with Gasteiger partial charge in [-0.2, -0.15) is 0 Å². The summed E-state index contributed by atoms with van der Waals surface area (Å²) in [5, 5.41) is 2.68. The Morgan fingerprint density at radius 1 is 1.31 bits per heavy atom. The molecule has 94 valence electrons. The fourth-order valence-corrected chi connectivity index (χ4v) is 1.30. The number of carbonyl (C=O) groups is 2. The predicted molar refractivity (Wildman–Crippen MR) is 61.6 cm³/mol. The monoisotopic (exact) mass is 230 g/mol. The first-order valence-corrected chi connectivity index (χ1v) is 5.52. The lowest BCUT2D eigenvalue weighted by Gasteiger charge is -2.21. The van der Waals surface area contributed by atoms with Crippen LogP contribution in [0, 0.1) is 11.8 Å². The zero-order chi connectivity index (χ0) is 12.7. The van der Waals surface area contributed by atoms with Crippen LogP contribution in [0.1, 0.15) is 27.2 Å². The molecular formula is C11H22N2O3. The topological polar surface area (TPSA) is 81.4 Å². The van der Waals surface area contributed by atoms with Gasteiger partial charge < -0.3 is 15.8 Å². The molecule has 0 aliphatic carbocycles. The van der Waals surface area contributed by atoms with Crippen LogP contribution in [0.25, 0.3) is 0 Å². The molecule has 0 fully saturated rings. The molecule has 0 aromatic heterocycles. The van der Waals surface area contributed by atoms with E-state index in [0.29, 0.717) is 13.0 Å². The molecule has 0 heterocycles. The Morgan fingerprint density at radius 2 is 1.88 bits per heavy atom. The Balaban J connectivity index is 4.40. The maximum Gasteiger partial charge on any atom is 0.328 e. The normalized spacial score (nSPS) is 14.4. The first-order chi connectivity index (χ1) is 7.43. The van der Waals surface area contributed by atoms with E-state index in [1.807, 2.05) is 13.8 Å². The summed E-state index contributed by atoms with van der Waals surface area (Å²) in [5.74, 6) is -0.754. The van der Waals surface area contributed by atoms with Crippen LogP contribution in [0.2, 0.25) is 0 Å². The van der Waals surface area contributed by atoms with Crippen LogP contribution in [0.15, 0.2) is 0 Å². The van der Waals surface area contributed by atoms with Gasteiger partial charge in [-0.3, -0.25) is 4.79 Å². The van der Waals surface area contributed by atoms with Crippen molar-refractivity contribution in [3.63, 3.8) is 0 Å². The van der Waals surface area contributed by atoms with E-state index >= 15 is 0 Å². The van der Waals surface area contributed by atoms with Gasteiger partial charge in [-0.05, 0) is 18.9 Å². The van der Waals surface area contributed by atoms with Crippen molar-refractivity contribution in [2.24, 2.45) is 17.6 Å². The number of rotatable bonds is 6. The minimum atomic E-state index is -0.585. The van der Waals surface area contributed by atoms with Gasteiger partial charge in [0.25, 0.3) is 0 Å². The molecule has 0 aliphatic rings. The van der Waals surface area contributed by atoms with Crippen molar-refractivity contribution >= 4 is 11.9 Å². The molecule has 0 spiro atoms. The standard InChI is InChI=1S/C11H22N2O3/c1-7(2)9(11(15)16-4)13-10(14)8(3)5-6-12/h7-9H,5-6,12H2,1-4H3,(H,13,14). The van der Waals surface area contributed by atoms with Crippen molar-refractivity contribution < 1.29 is 14.3 Å². The van der Waals surface area contributed by atoms with E-state index in [1.165, 1.54) is 7.11 Å². The average molecular weight is 230 g/mol. The molecule has 16 heavy (non-hydrogen) atoms. The van der Waals surface area contributed by atoms with Gasteiger partial charge >= 0.3 is 5.97 Å². The van der Waals surface area contributed by atoms with Gasteiger partial charge in [0.2, 0.25) is 5.91 Å². The van der Waals surface area contributed by atoms with Gasteiger partial charge in [0.05, 0.1) is 7.11 Å². The van der Waals surface area contributed by atoms with E-state index in [4.69, 9.17) is 5.73 Å². The van der Waals surface area contributed by atoms with Gasteiger partial charge in [-0.1, -0.05) is 20.8 Å². The van der Waals surface area contributed by atoms with Crippen LogP contribution in [-0.4, -0.2) is 31.6 Å². The van der Waals surface area contributed by atoms with Gasteiger partial charge in [0, 0.05) is 5.92 Å². The summed E-state index contributed by atoms with van der Waals surface area (Å²) in [6.45, 7) is 5.96. The lowest BCUT2D eigenvalue weighted by molar-refractivity contribution is -0.146. The lowest BCUT2D eigenvalue weighted by Crippen LogP contribution is -2.47. The van der Waals surface area contributed by atoms with Crippen LogP contribution >= 0.6 is 0 Å². The van der Waals surface area contributed by atoms with E-state index in [-0.39, 0.29) is 17.7 Å². The van der Waals surface area contributed by atoms with E-state index in [1.54, 1.807) is 6.92 Å². The molecule has 5 nitrogen and oxygen atoms in total. The van der Waals surface area contributed by atoms with Crippen molar-refractivity contribution in [3.05, 3.63) is 0 Å². The van der Waals surface area contributed by atoms with Gasteiger partial charge in [0.15, 0.2) is 0 Å². The third kappa shape index (κ3) is 4.61. The number of nitrogens with one attached hydrogen (secondary N) is 1. The molecular weight excluding hydrogens is 208 g/mol. The summed E-state index contributed by atoms with van der Waals surface area (Å²) in [4.78, 5) is 23.1. The second-order valence-electron chi connectivity index (χ2n) is 4.23. The number of methoxy groups -OCH3 is 1. The number of ether oxygens (including phenoxy) is 1. The smallest absolute Gasteiger partial charge is 0.328 e. The summed E-state index contributed by atoms with van der Waals surface area (Å²) in [6.07, 6.45) is 0.609. The molecule has 0 rings (SSSR count). The van der Waals surface area contributed by atoms with Crippen molar-refractivity contribution in [1.82, 2.24) is 5.32 Å². The Bertz CT molecular complexity index is 241. The number of nitrogens with two attached hydrogens (primary N) is 1. The van der Waals surface area contributed by atoms with E-state index in [2.05, 4.69) is 10.1 Å². The highest BCUT2D eigenvalue weighted by Crippen LogP contribution is 2.07. The highest BCUT2D eigenvalue weighted by Gasteiger charge is 2.26. The summed E-state index contributed by atoms with van der Waals surface area (Å²) < 4.78 is 4.64. The quantitative estimate of drug-likeness (QED) is 0.642. The van der Waals surface area contributed by atoms with Gasteiger partial charge in [-0.25, -0.2) is 4.79 Å². The van der Waals surface area contributed by atoms with Gasteiger partial charge in [-0.15, -0.1) is 0 Å². The fourth-order valence-electron chi connectivity index (χ4n) is 1.30. The molecule has 1 amide bonds. The minimum Gasteiger partial charge on any atom is -0.467 e. The Morgan fingerprint density at radius 3 is 2.25 bits per heavy atom. The lowest BCUT2D eigenvalue weighted by atomic mass is 10.0. The molecule has 0 saturated heterocycles. The van der Waals surface area contributed by atoms with Crippen LogP contribution in [0.4, 0.5) is 0 Å².